The fourth-order valence-electron chi connectivity index (χ4n) is 6.08. The number of aromatic nitrogens is 1. The number of nitrogens with zero attached hydrogens (tertiary/aromatic N) is 3. The molecule has 180 valence electrons. The van der Waals surface area contributed by atoms with Crippen LogP contribution in [0.4, 0.5) is 15.8 Å². The van der Waals surface area contributed by atoms with Gasteiger partial charge in [0.1, 0.15) is 5.82 Å². The number of para-hydroxylation sites is 1. The van der Waals surface area contributed by atoms with Crippen LogP contribution in [-0.2, 0) is 11.3 Å². The quantitative estimate of drug-likeness (QED) is 0.523. The van der Waals surface area contributed by atoms with Crippen molar-refractivity contribution in [2.75, 3.05) is 36.8 Å². The lowest BCUT2D eigenvalue weighted by atomic mass is 9.91. The summed E-state index contributed by atoms with van der Waals surface area (Å²) in [7, 11) is 0. The van der Waals surface area contributed by atoms with Crippen LogP contribution in [-0.4, -0.2) is 41.6 Å². The highest BCUT2D eigenvalue weighted by molar-refractivity contribution is 5.86. The summed E-state index contributed by atoms with van der Waals surface area (Å²) in [6.07, 6.45) is 3.85. The van der Waals surface area contributed by atoms with Crippen molar-refractivity contribution >= 4 is 28.2 Å². The largest absolute Gasteiger partial charge is 0.399 e. The molecule has 34 heavy (non-hydrogen) atoms. The van der Waals surface area contributed by atoms with Crippen LogP contribution in [0, 0.1) is 18.7 Å². The van der Waals surface area contributed by atoms with Crippen LogP contribution in [0.2, 0.25) is 0 Å². The monoisotopic (exact) mass is 462 g/mol. The molecule has 0 saturated carbocycles. The van der Waals surface area contributed by atoms with E-state index in [0.29, 0.717) is 0 Å². The molecule has 0 aliphatic carbocycles. The predicted octanol–water partition coefficient (Wildman–Crippen LogP) is 5.31. The van der Waals surface area contributed by atoms with Crippen molar-refractivity contribution in [2.45, 2.75) is 52.0 Å². The topological polar surface area (TPSA) is 54.5 Å². The molecule has 2 aromatic carbocycles. The summed E-state index contributed by atoms with van der Waals surface area (Å²) in [5.41, 5.74) is 10.8. The molecule has 0 radical (unpaired) electrons. The number of piperidine rings is 1. The van der Waals surface area contributed by atoms with Gasteiger partial charge in [0.2, 0.25) is 5.91 Å². The highest BCUT2D eigenvalue weighted by atomic mass is 19.1. The van der Waals surface area contributed by atoms with Crippen LogP contribution in [0.15, 0.2) is 42.5 Å². The van der Waals surface area contributed by atoms with Crippen LogP contribution in [0.5, 0.6) is 0 Å². The number of hydrogen-bond acceptors (Lipinski definition) is 3. The van der Waals surface area contributed by atoms with Crippen molar-refractivity contribution in [1.29, 1.82) is 0 Å². The Morgan fingerprint density at radius 1 is 1.09 bits per heavy atom. The van der Waals surface area contributed by atoms with E-state index in [4.69, 9.17) is 5.73 Å². The number of anilines is 2. The van der Waals surface area contributed by atoms with E-state index < -0.39 is 0 Å². The van der Waals surface area contributed by atoms with E-state index in [9.17, 15) is 9.18 Å². The van der Waals surface area contributed by atoms with Gasteiger partial charge in [0.15, 0.2) is 0 Å². The van der Waals surface area contributed by atoms with Crippen LogP contribution >= 0.6 is 0 Å². The molecule has 2 atom stereocenters. The van der Waals surface area contributed by atoms with Crippen molar-refractivity contribution < 1.29 is 9.18 Å². The molecule has 1 amide bonds. The summed E-state index contributed by atoms with van der Waals surface area (Å²) < 4.78 is 17.0. The molecule has 3 heterocycles. The SMILES string of the molecule is CCCn1c(C2CCCN(C(=O)C3CCN(c4ccc(N)cc4)C3)C2)c(C)c2cccc(F)c21. The Morgan fingerprint density at radius 2 is 1.88 bits per heavy atom. The number of likely N-dealkylation sites (tertiary alicyclic amines) is 1. The highest BCUT2D eigenvalue weighted by Gasteiger charge is 2.35. The van der Waals surface area contributed by atoms with Gasteiger partial charge in [-0.25, -0.2) is 4.39 Å². The molecule has 2 aliphatic rings. The summed E-state index contributed by atoms with van der Waals surface area (Å²) in [5.74, 6) is 0.379. The second kappa shape index (κ2) is 9.32. The van der Waals surface area contributed by atoms with E-state index in [2.05, 4.69) is 28.2 Å². The Hall–Kier alpha value is -3.02. The lowest BCUT2D eigenvalue weighted by Gasteiger charge is -2.35. The van der Waals surface area contributed by atoms with E-state index in [1.807, 2.05) is 30.3 Å². The summed E-state index contributed by atoms with van der Waals surface area (Å²) in [6, 6.07) is 13.3. The molecule has 6 heteroatoms. The number of nitrogen functional groups attached to an aromatic ring is 1. The number of fused-ring (bicyclic) bond motifs is 1. The molecule has 0 spiro atoms. The minimum atomic E-state index is -0.155. The van der Waals surface area contributed by atoms with E-state index in [1.165, 1.54) is 5.69 Å². The molecule has 0 bridgehead atoms. The summed E-state index contributed by atoms with van der Waals surface area (Å²) in [5, 5.41) is 1.00. The van der Waals surface area contributed by atoms with Gasteiger partial charge in [-0.15, -0.1) is 0 Å². The van der Waals surface area contributed by atoms with Crippen molar-refractivity contribution in [3.8, 4) is 0 Å². The first-order valence-electron chi connectivity index (χ1n) is 12.6. The van der Waals surface area contributed by atoms with E-state index in [-0.39, 0.29) is 23.6 Å². The minimum absolute atomic E-state index is 0.0244. The Morgan fingerprint density at radius 3 is 2.65 bits per heavy atom. The maximum absolute atomic E-state index is 14.8. The van der Waals surface area contributed by atoms with Crippen LogP contribution < -0.4 is 10.6 Å². The van der Waals surface area contributed by atoms with Crippen LogP contribution in [0.1, 0.15) is 49.8 Å². The number of halogens is 1. The molecule has 2 unspecified atom stereocenters. The summed E-state index contributed by atoms with van der Waals surface area (Å²) >= 11 is 0. The zero-order chi connectivity index (χ0) is 23.8. The van der Waals surface area contributed by atoms with Crippen molar-refractivity contribution in [3.05, 3.63) is 59.5 Å². The number of amides is 1. The lowest BCUT2D eigenvalue weighted by molar-refractivity contribution is -0.136. The van der Waals surface area contributed by atoms with Crippen molar-refractivity contribution in [1.82, 2.24) is 9.47 Å². The molecule has 2 N–H and O–H groups in total. The number of benzene rings is 2. The highest BCUT2D eigenvalue weighted by Crippen LogP contribution is 2.37. The molecule has 1 aromatic heterocycles. The van der Waals surface area contributed by atoms with Gasteiger partial charge in [-0.2, -0.15) is 0 Å². The van der Waals surface area contributed by atoms with Gasteiger partial charge in [-0.3, -0.25) is 4.79 Å². The smallest absolute Gasteiger partial charge is 0.227 e. The maximum atomic E-state index is 14.8. The maximum Gasteiger partial charge on any atom is 0.227 e. The fraction of sp³-hybridized carbons (Fsp3) is 0.464. The third-order valence-electron chi connectivity index (χ3n) is 7.70. The zero-order valence-electron chi connectivity index (χ0n) is 20.3. The molecule has 2 aliphatic heterocycles. The predicted molar refractivity (Wildman–Crippen MR) is 137 cm³/mol. The average Bonchev–Trinajstić information content (AvgIpc) is 3.44. The number of carbonyl (C=O) groups is 1. The second-order valence-electron chi connectivity index (χ2n) is 9.94. The number of rotatable bonds is 5. The minimum Gasteiger partial charge on any atom is -0.399 e. The van der Waals surface area contributed by atoms with Crippen molar-refractivity contribution in [3.63, 3.8) is 0 Å². The van der Waals surface area contributed by atoms with Crippen LogP contribution in [0.25, 0.3) is 10.9 Å². The fourth-order valence-corrected chi connectivity index (χ4v) is 6.08. The normalized spacial score (nSPS) is 20.9. The first kappa shape index (κ1) is 22.8. The lowest BCUT2D eigenvalue weighted by Crippen LogP contribution is -2.43. The first-order valence-corrected chi connectivity index (χ1v) is 12.6. The van der Waals surface area contributed by atoms with Gasteiger partial charge in [0, 0.05) is 61.1 Å². The van der Waals surface area contributed by atoms with E-state index >= 15 is 0 Å². The van der Waals surface area contributed by atoms with Crippen molar-refractivity contribution in [2.24, 2.45) is 5.92 Å². The van der Waals surface area contributed by atoms with Gasteiger partial charge < -0.3 is 20.1 Å². The number of nitrogens with two attached hydrogens (primary N) is 1. The third kappa shape index (κ3) is 4.04. The molecule has 2 saturated heterocycles. The number of aryl methyl sites for hydroxylation is 2. The molecule has 2 fully saturated rings. The first-order chi connectivity index (χ1) is 16.5. The van der Waals surface area contributed by atoms with Gasteiger partial charge in [0.05, 0.1) is 11.4 Å². The standard InChI is InChI=1S/C28H35FN4O/c1-3-14-33-26(19(2)24-7-4-8-25(29)27(24)33)20-6-5-15-32(17-20)28(34)21-13-16-31(18-21)23-11-9-22(30)10-12-23/h4,7-12,20-21H,3,5-6,13-18,30H2,1-2H3. The Labute approximate surface area is 201 Å². The summed E-state index contributed by atoms with van der Waals surface area (Å²) in [6.45, 7) is 8.23. The molecule has 5 nitrogen and oxygen atoms in total. The Balaban J connectivity index is 1.35. The third-order valence-corrected chi connectivity index (χ3v) is 7.70. The van der Waals surface area contributed by atoms with E-state index in [0.717, 1.165) is 86.2 Å². The molecule has 5 rings (SSSR count). The second-order valence-corrected chi connectivity index (χ2v) is 9.94. The molecular weight excluding hydrogens is 427 g/mol. The van der Waals surface area contributed by atoms with Gasteiger partial charge in [-0.1, -0.05) is 19.1 Å². The summed E-state index contributed by atoms with van der Waals surface area (Å²) in [4.78, 5) is 17.9. The zero-order valence-corrected chi connectivity index (χ0v) is 20.3. The molecule has 3 aromatic rings. The number of carbonyl (C=O) groups excluding carboxylic acids is 1. The molecular formula is C28H35FN4O. The van der Waals surface area contributed by atoms with Gasteiger partial charge in [-0.05, 0) is 68.5 Å². The Kier molecular flexibility index (Phi) is 6.24. The van der Waals surface area contributed by atoms with Gasteiger partial charge in [0.25, 0.3) is 0 Å². The number of hydrogen-bond donors (Lipinski definition) is 1. The average molecular weight is 463 g/mol. The van der Waals surface area contributed by atoms with Crippen LogP contribution in [0.3, 0.4) is 0 Å². The van der Waals surface area contributed by atoms with E-state index in [1.54, 1.807) is 12.1 Å². The Bertz CT molecular complexity index is 1190. The van der Waals surface area contributed by atoms with Gasteiger partial charge >= 0.3 is 0 Å².